The minimum absolute atomic E-state index is 0.765. The molecule has 0 radical (unpaired) electrons. The van der Waals surface area contributed by atoms with Crippen LogP contribution in [0.3, 0.4) is 0 Å². The van der Waals surface area contributed by atoms with Gasteiger partial charge in [0.05, 0.1) is 13.2 Å². The summed E-state index contributed by atoms with van der Waals surface area (Å²) in [6.45, 7) is 10.2. The van der Waals surface area contributed by atoms with Crippen LogP contribution in [-0.4, -0.2) is 24.3 Å². The molecule has 1 rings (SSSR count). The number of aryl methyl sites for hydroxylation is 1. The van der Waals surface area contributed by atoms with E-state index in [0.29, 0.717) is 0 Å². The monoisotopic (exact) mass is 222 g/mol. The molecule has 1 heterocycles. The predicted molar refractivity (Wildman–Crippen MR) is 67.4 cm³/mol. The molecule has 1 aromatic rings. The Bertz CT molecular complexity index is 294. The zero-order chi connectivity index (χ0) is 11.6. The third kappa shape index (κ3) is 4.64. The van der Waals surface area contributed by atoms with E-state index < -0.39 is 0 Å². The molecule has 90 valence electrons. The van der Waals surface area contributed by atoms with Crippen molar-refractivity contribution in [3.05, 3.63) is 36.7 Å². The van der Waals surface area contributed by atoms with Crippen LogP contribution >= 0.6 is 0 Å². The Balaban J connectivity index is 2.05. The molecular formula is C13H22N2O. The van der Waals surface area contributed by atoms with E-state index in [0.717, 1.165) is 39.3 Å². The molecule has 16 heavy (non-hydrogen) atoms. The fourth-order valence-corrected chi connectivity index (χ4v) is 1.55. The second kappa shape index (κ2) is 8.13. The SMILES string of the molecule is C=CCCOCCNCc1cccn1CC. The summed E-state index contributed by atoms with van der Waals surface area (Å²) in [7, 11) is 0. The topological polar surface area (TPSA) is 26.2 Å². The maximum Gasteiger partial charge on any atom is 0.0591 e. The lowest BCUT2D eigenvalue weighted by Gasteiger charge is -2.08. The maximum absolute atomic E-state index is 5.41. The summed E-state index contributed by atoms with van der Waals surface area (Å²) in [5.74, 6) is 0. The molecule has 0 aliphatic rings. The summed E-state index contributed by atoms with van der Waals surface area (Å²) < 4.78 is 7.65. The zero-order valence-electron chi connectivity index (χ0n) is 10.1. The minimum Gasteiger partial charge on any atom is -0.380 e. The standard InChI is InChI=1S/C13H22N2O/c1-3-5-10-16-11-8-14-12-13-7-6-9-15(13)4-2/h3,6-7,9,14H,1,4-5,8,10-12H2,2H3. The molecule has 0 aliphatic heterocycles. The number of nitrogens with zero attached hydrogens (tertiary/aromatic N) is 1. The molecule has 0 bridgehead atoms. The minimum atomic E-state index is 0.765. The third-order valence-electron chi connectivity index (χ3n) is 2.46. The molecule has 0 spiro atoms. The number of ether oxygens (including phenoxy) is 1. The Morgan fingerprint density at radius 3 is 3.12 bits per heavy atom. The van der Waals surface area contributed by atoms with Crippen LogP contribution in [0.2, 0.25) is 0 Å². The van der Waals surface area contributed by atoms with Gasteiger partial charge in [0.25, 0.3) is 0 Å². The van der Waals surface area contributed by atoms with Crippen LogP contribution in [0.25, 0.3) is 0 Å². The summed E-state index contributed by atoms with van der Waals surface area (Å²) in [4.78, 5) is 0. The first-order valence-corrected chi connectivity index (χ1v) is 5.91. The van der Waals surface area contributed by atoms with E-state index in [1.54, 1.807) is 0 Å². The van der Waals surface area contributed by atoms with Crippen LogP contribution in [0.1, 0.15) is 19.0 Å². The highest BCUT2D eigenvalue weighted by Crippen LogP contribution is 2.00. The van der Waals surface area contributed by atoms with E-state index in [2.05, 4.69) is 41.7 Å². The molecular weight excluding hydrogens is 200 g/mol. The summed E-state index contributed by atoms with van der Waals surface area (Å²) in [5.41, 5.74) is 1.33. The molecule has 0 unspecified atom stereocenters. The van der Waals surface area contributed by atoms with Gasteiger partial charge in [-0.25, -0.2) is 0 Å². The number of rotatable bonds is 9. The molecule has 0 aromatic carbocycles. The van der Waals surface area contributed by atoms with Crippen molar-refractivity contribution in [1.29, 1.82) is 0 Å². The maximum atomic E-state index is 5.41. The van der Waals surface area contributed by atoms with Crippen LogP contribution in [0, 0.1) is 0 Å². The van der Waals surface area contributed by atoms with Gasteiger partial charge in [0.15, 0.2) is 0 Å². The van der Waals surface area contributed by atoms with Crippen LogP contribution in [0.5, 0.6) is 0 Å². The Labute approximate surface area is 98.1 Å². The molecule has 0 fully saturated rings. The van der Waals surface area contributed by atoms with Gasteiger partial charge in [-0.3, -0.25) is 0 Å². The van der Waals surface area contributed by atoms with Crippen LogP contribution in [0.4, 0.5) is 0 Å². The zero-order valence-corrected chi connectivity index (χ0v) is 10.1. The average molecular weight is 222 g/mol. The van der Waals surface area contributed by atoms with Crippen molar-refractivity contribution in [2.75, 3.05) is 19.8 Å². The van der Waals surface area contributed by atoms with Gasteiger partial charge >= 0.3 is 0 Å². The fraction of sp³-hybridized carbons (Fsp3) is 0.538. The van der Waals surface area contributed by atoms with Crippen LogP contribution < -0.4 is 5.32 Å². The van der Waals surface area contributed by atoms with Gasteiger partial charge in [-0.15, -0.1) is 6.58 Å². The molecule has 0 amide bonds. The number of aromatic nitrogens is 1. The van der Waals surface area contributed by atoms with E-state index in [4.69, 9.17) is 4.74 Å². The van der Waals surface area contributed by atoms with Gasteiger partial charge in [0.2, 0.25) is 0 Å². The molecule has 3 nitrogen and oxygen atoms in total. The van der Waals surface area contributed by atoms with Crippen molar-refractivity contribution >= 4 is 0 Å². The van der Waals surface area contributed by atoms with E-state index in [1.807, 2.05) is 6.08 Å². The molecule has 0 aliphatic carbocycles. The highest BCUT2D eigenvalue weighted by Gasteiger charge is 1.97. The summed E-state index contributed by atoms with van der Waals surface area (Å²) >= 11 is 0. The van der Waals surface area contributed by atoms with E-state index in [-0.39, 0.29) is 0 Å². The summed E-state index contributed by atoms with van der Waals surface area (Å²) in [6.07, 6.45) is 4.91. The average Bonchev–Trinajstić information content (AvgIpc) is 2.75. The van der Waals surface area contributed by atoms with Crippen molar-refractivity contribution < 1.29 is 4.74 Å². The Hall–Kier alpha value is -1.06. The van der Waals surface area contributed by atoms with Crippen molar-refractivity contribution in [2.45, 2.75) is 26.4 Å². The van der Waals surface area contributed by atoms with Gasteiger partial charge in [-0.2, -0.15) is 0 Å². The lowest BCUT2D eigenvalue weighted by molar-refractivity contribution is 0.140. The second-order valence-corrected chi connectivity index (χ2v) is 3.65. The van der Waals surface area contributed by atoms with Crippen molar-refractivity contribution in [2.24, 2.45) is 0 Å². The predicted octanol–water partition coefficient (Wildman–Crippen LogP) is 2.19. The number of hydrogen-bond donors (Lipinski definition) is 1. The first-order chi connectivity index (χ1) is 7.88. The Morgan fingerprint density at radius 1 is 1.50 bits per heavy atom. The third-order valence-corrected chi connectivity index (χ3v) is 2.46. The number of hydrogen-bond acceptors (Lipinski definition) is 2. The van der Waals surface area contributed by atoms with Gasteiger partial charge in [0.1, 0.15) is 0 Å². The van der Waals surface area contributed by atoms with Crippen molar-refractivity contribution in [3.63, 3.8) is 0 Å². The summed E-state index contributed by atoms with van der Waals surface area (Å²) in [5, 5.41) is 3.37. The van der Waals surface area contributed by atoms with Crippen molar-refractivity contribution in [1.82, 2.24) is 9.88 Å². The van der Waals surface area contributed by atoms with E-state index in [1.165, 1.54) is 5.69 Å². The second-order valence-electron chi connectivity index (χ2n) is 3.65. The lowest BCUT2D eigenvalue weighted by atomic mass is 10.4. The van der Waals surface area contributed by atoms with Crippen LogP contribution in [0.15, 0.2) is 31.0 Å². The van der Waals surface area contributed by atoms with Gasteiger partial charge in [-0.1, -0.05) is 6.08 Å². The van der Waals surface area contributed by atoms with Gasteiger partial charge < -0.3 is 14.6 Å². The van der Waals surface area contributed by atoms with Gasteiger partial charge in [0, 0.05) is 31.5 Å². The van der Waals surface area contributed by atoms with Crippen molar-refractivity contribution in [3.8, 4) is 0 Å². The first-order valence-electron chi connectivity index (χ1n) is 5.91. The summed E-state index contributed by atoms with van der Waals surface area (Å²) in [6, 6.07) is 4.23. The quantitative estimate of drug-likeness (QED) is 0.512. The Morgan fingerprint density at radius 2 is 2.38 bits per heavy atom. The van der Waals surface area contributed by atoms with Crippen LogP contribution in [-0.2, 0) is 17.8 Å². The smallest absolute Gasteiger partial charge is 0.0591 e. The highest BCUT2D eigenvalue weighted by molar-refractivity contribution is 5.06. The van der Waals surface area contributed by atoms with E-state index in [9.17, 15) is 0 Å². The normalized spacial score (nSPS) is 10.6. The van der Waals surface area contributed by atoms with E-state index >= 15 is 0 Å². The molecule has 0 saturated carbocycles. The lowest BCUT2D eigenvalue weighted by Crippen LogP contribution is -2.21. The fourth-order valence-electron chi connectivity index (χ4n) is 1.55. The molecule has 3 heteroatoms. The first kappa shape index (κ1) is 13.0. The Kier molecular flexibility index (Phi) is 6.61. The molecule has 0 atom stereocenters. The number of nitrogens with one attached hydrogen (secondary N) is 1. The van der Waals surface area contributed by atoms with Gasteiger partial charge in [-0.05, 0) is 25.5 Å². The largest absolute Gasteiger partial charge is 0.380 e. The highest BCUT2D eigenvalue weighted by atomic mass is 16.5. The molecule has 1 N–H and O–H groups in total. The molecule has 1 aromatic heterocycles. The molecule has 0 saturated heterocycles.